The molecule has 0 aliphatic heterocycles. The SMILES string of the molecule is Cc1nnc(N(C)C(C)CO)c(C(N)=S)c1C. The van der Waals surface area contributed by atoms with Gasteiger partial charge in [0.05, 0.1) is 23.9 Å². The molecule has 1 rings (SSSR count). The van der Waals surface area contributed by atoms with Gasteiger partial charge in [0.2, 0.25) is 0 Å². The molecule has 0 amide bonds. The molecule has 0 aromatic carbocycles. The molecule has 0 saturated heterocycles. The Hall–Kier alpha value is -1.27. The highest BCUT2D eigenvalue weighted by molar-refractivity contribution is 7.80. The molecule has 0 radical (unpaired) electrons. The number of nitrogens with zero attached hydrogens (tertiary/aromatic N) is 3. The second-order valence-corrected chi connectivity index (χ2v) is 4.56. The monoisotopic (exact) mass is 254 g/mol. The Bertz CT molecular complexity index is 436. The minimum Gasteiger partial charge on any atom is -0.394 e. The van der Waals surface area contributed by atoms with E-state index in [9.17, 15) is 0 Å². The van der Waals surface area contributed by atoms with E-state index in [0.29, 0.717) is 10.8 Å². The van der Waals surface area contributed by atoms with Crippen LogP contribution in [0.2, 0.25) is 0 Å². The fourth-order valence-corrected chi connectivity index (χ4v) is 1.71. The van der Waals surface area contributed by atoms with E-state index in [1.807, 2.05) is 32.7 Å². The highest BCUT2D eigenvalue weighted by Gasteiger charge is 2.19. The van der Waals surface area contributed by atoms with Crippen molar-refractivity contribution in [3.8, 4) is 0 Å². The molecule has 94 valence electrons. The van der Waals surface area contributed by atoms with Crippen LogP contribution in [0.1, 0.15) is 23.7 Å². The zero-order chi connectivity index (χ0) is 13.2. The zero-order valence-electron chi connectivity index (χ0n) is 10.6. The van der Waals surface area contributed by atoms with E-state index >= 15 is 0 Å². The minimum absolute atomic E-state index is 0.0296. The number of hydrogen-bond acceptors (Lipinski definition) is 5. The van der Waals surface area contributed by atoms with Gasteiger partial charge in [-0.15, -0.1) is 5.10 Å². The van der Waals surface area contributed by atoms with Crippen molar-refractivity contribution in [2.24, 2.45) is 5.73 Å². The average Bonchev–Trinajstić information content (AvgIpc) is 2.29. The van der Waals surface area contributed by atoms with Gasteiger partial charge < -0.3 is 15.7 Å². The van der Waals surface area contributed by atoms with Crippen molar-refractivity contribution in [2.75, 3.05) is 18.6 Å². The van der Waals surface area contributed by atoms with Crippen molar-refractivity contribution >= 4 is 23.0 Å². The van der Waals surface area contributed by atoms with Crippen LogP contribution in [0.4, 0.5) is 5.82 Å². The standard InChI is InChI=1S/C11H18N4OS/c1-6(5-16)15(4)11-9(10(12)17)7(2)8(3)13-14-11/h6,16H,5H2,1-4H3,(H2,12,17). The summed E-state index contributed by atoms with van der Waals surface area (Å²) < 4.78 is 0. The lowest BCUT2D eigenvalue weighted by Crippen LogP contribution is -2.35. The molecule has 6 heteroatoms. The van der Waals surface area contributed by atoms with Crippen molar-refractivity contribution < 1.29 is 5.11 Å². The Morgan fingerprint density at radius 1 is 1.47 bits per heavy atom. The molecular weight excluding hydrogens is 236 g/mol. The second kappa shape index (κ2) is 5.37. The molecule has 1 unspecified atom stereocenters. The molecule has 0 aliphatic rings. The molecule has 17 heavy (non-hydrogen) atoms. The summed E-state index contributed by atoms with van der Waals surface area (Å²) in [6.45, 7) is 5.70. The molecule has 5 nitrogen and oxygen atoms in total. The number of aliphatic hydroxyl groups is 1. The van der Waals surface area contributed by atoms with Crippen LogP contribution in [0, 0.1) is 13.8 Å². The van der Waals surface area contributed by atoms with Gasteiger partial charge in [-0.25, -0.2) is 0 Å². The number of aliphatic hydroxyl groups excluding tert-OH is 1. The zero-order valence-corrected chi connectivity index (χ0v) is 11.4. The van der Waals surface area contributed by atoms with Crippen molar-refractivity contribution in [1.29, 1.82) is 0 Å². The molecule has 1 aromatic rings. The van der Waals surface area contributed by atoms with Crippen molar-refractivity contribution in [3.05, 3.63) is 16.8 Å². The Kier molecular flexibility index (Phi) is 4.36. The molecular formula is C11H18N4OS. The number of aromatic nitrogens is 2. The maximum absolute atomic E-state index is 9.17. The van der Waals surface area contributed by atoms with Crippen LogP contribution in [0.3, 0.4) is 0 Å². The number of nitrogens with two attached hydrogens (primary N) is 1. The Labute approximate surface area is 107 Å². The Morgan fingerprint density at radius 2 is 2.06 bits per heavy atom. The highest BCUT2D eigenvalue weighted by Crippen LogP contribution is 2.22. The predicted molar refractivity (Wildman–Crippen MR) is 72.3 cm³/mol. The number of aryl methyl sites for hydroxylation is 1. The highest BCUT2D eigenvalue weighted by atomic mass is 32.1. The van der Waals surface area contributed by atoms with E-state index in [1.54, 1.807) is 0 Å². The van der Waals surface area contributed by atoms with Gasteiger partial charge in [-0.2, -0.15) is 5.10 Å². The summed E-state index contributed by atoms with van der Waals surface area (Å²) in [5.41, 5.74) is 8.21. The number of hydrogen-bond donors (Lipinski definition) is 2. The molecule has 1 heterocycles. The fraction of sp³-hybridized carbons (Fsp3) is 0.545. The number of likely N-dealkylation sites (N-methyl/N-ethyl adjacent to an activating group) is 1. The Morgan fingerprint density at radius 3 is 2.53 bits per heavy atom. The summed E-state index contributed by atoms with van der Waals surface area (Å²) >= 11 is 5.06. The summed E-state index contributed by atoms with van der Waals surface area (Å²) in [4.78, 5) is 2.13. The van der Waals surface area contributed by atoms with Gasteiger partial charge >= 0.3 is 0 Å². The second-order valence-electron chi connectivity index (χ2n) is 4.12. The lowest BCUT2D eigenvalue weighted by Gasteiger charge is -2.26. The third kappa shape index (κ3) is 2.70. The molecule has 1 aromatic heterocycles. The van der Waals surface area contributed by atoms with Gasteiger partial charge in [0.25, 0.3) is 0 Å². The quantitative estimate of drug-likeness (QED) is 0.764. The summed E-state index contributed by atoms with van der Waals surface area (Å²) in [6, 6.07) is -0.0699. The van der Waals surface area contributed by atoms with Crippen molar-refractivity contribution in [2.45, 2.75) is 26.8 Å². The maximum atomic E-state index is 9.17. The van der Waals surface area contributed by atoms with Crippen LogP contribution in [0.25, 0.3) is 0 Å². The molecule has 0 saturated carbocycles. The molecule has 0 aliphatic carbocycles. The number of rotatable bonds is 4. The van der Waals surface area contributed by atoms with Crippen LogP contribution < -0.4 is 10.6 Å². The van der Waals surface area contributed by atoms with Crippen molar-refractivity contribution in [3.63, 3.8) is 0 Å². The van der Waals surface area contributed by atoms with E-state index < -0.39 is 0 Å². The van der Waals surface area contributed by atoms with Crippen molar-refractivity contribution in [1.82, 2.24) is 10.2 Å². The van der Waals surface area contributed by atoms with Gasteiger partial charge in [0.1, 0.15) is 4.99 Å². The van der Waals surface area contributed by atoms with E-state index in [4.69, 9.17) is 23.1 Å². The largest absolute Gasteiger partial charge is 0.394 e. The van der Waals surface area contributed by atoms with Crippen LogP contribution in [0.5, 0.6) is 0 Å². The lowest BCUT2D eigenvalue weighted by atomic mass is 10.1. The predicted octanol–water partition coefficient (Wildman–Crippen LogP) is 0.545. The summed E-state index contributed by atoms with van der Waals surface area (Å²) in [5.74, 6) is 0.613. The smallest absolute Gasteiger partial charge is 0.161 e. The van der Waals surface area contributed by atoms with Crippen LogP contribution >= 0.6 is 12.2 Å². The molecule has 1 atom stereocenters. The van der Waals surface area contributed by atoms with Gasteiger partial charge in [-0.05, 0) is 26.3 Å². The summed E-state index contributed by atoms with van der Waals surface area (Å²) in [7, 11) is 1.83. The van der Waals surface area contributed by atoms with E-state index in [-0.39, 0.29) is 12.6 Å². The first-order valence-electron chi connectivity index (χ1n) is 5.37. The van der Waals surface area contributed by atoms with E-state index in [2.05, 4.69) is 10.2 Å². The first-order chi connectivity index (χ1) is 7.90. The number of anilines is 1. The molecule has 0 bridgehead atoms. The van der Waals surface area contributed by atoms with Gasteiger partial charge in [-0.3, -0.25) is 0 Å². The third-order valence-electron chi connectivity index (χ3n) is 2.94. The van der Waals surface area contributed by atoms with E-state index in [0.717, 1.165) is 16.8 Å². The fourth-order valence-electron chi connectivity index (χ4n) is 1.47. The summed E-state index contributed by atoms with van der Waals surface area (Å²) in [5, 5.41) is 17.4. The lowest BCUT2D eigenvalue weighted by molar-refractivity contribution is 0.269. The normalized spacial score (nSPS) is 12.3. The van der Waals surface area contributed by atoms with Crippen LogP contribution in [-0.2, 0) is 0 Å². The molecule has 3 N–H and O–H groups in total. The van der Waals surface area contributed by atoms with E-state index in [1.165, 1.54) is 0 Å². The van der Waals surface area contributed by atoms with Crippen LogP contribution in [0.15, 0.2) is 0 Å². The van der Waals surface area contributed by atoms with Crippen LogP contribution in [-0.4, -0.2) is 40.0 Å². The third-order valence-corrected chi connectivity index (χ3v) is 3.15. The molecule has 0 fully saturated rings. The maximum Gasteiger partial charge on any atom is 0.161 e. The number of thiocarbonyl (C=S) groups is 1. The Balaban J connectivity index is 3.34. The molecule has 0 spiro atoms. The summed E-state index contributed by atoms with van der Waals surface area (Å²) in [6.07, 6.45) is 0. The average molecular weight is 254 g/mol. The first-order valence-corrected chi connectivity index (χ1v) is 5.78. The first kappa shape index (κ1) is 13.8. The van der Waals surface area contributed by atoms with Gasteiger partial charge in [0.15, 0.2) is 5.82 Å². The van der Waals surface area contributed by atoms with Gasteiger partial charge in [-0.1, -0.05) is 12.2 Å². The minimum atomic E-state index is -0.0699. The van der Waals surface area contributed by atoms with Gasteiger partial charge in [0, 0.05) is 7.05 Å². The topological polar surface area (TPSA) is 75.3 Å².